The first-order valence-electron chi connectivity index (χ1n) is 19.0. The second kappa shape index (κ2) is 32.6. The molecule has 0 bridgehead atoms. The summed E-state index contributed by atoms with van der Waals surface area (Å²) in [6, 6.07) is 0. The van der Waals surface area contributed by atoms with E-state index in [9.17, 15) is 19.0 Å². The highest BCUT2D eigenvalue weighted by Gasteiger charge is 2.27. The van der Waals surface area contributed by atoms with Crippen LogP contribution < -0.4 is 0 Å². The molecule has 0 saturated heterocycles. The van der Waals surface area contributed by atoms with Crippen LogP contribution in [0.25, 0.3) is 0 Å². The third-order valence-corrected chi connectivity index (χ3v) is 8.55. The molecule has 0 aromatic heterocycles. The van der Waals surface area contributed by atoms with Crippen LogP contribution in [-0.4, -0.2) is 74.9 Å². The average Bonchev–Trinajstić information content (AvgIpc) is 3.06. The molecule has 0 rings (SSSR count). The first-order chi connectivity index (χ1) is 24.0. The number of hydrogen-bond acceptors (Lipinski definition) is 7. The quantitative estimate of drug-likeness (QED) is 0.0234. The summed E-state index contributed by atoms with van der Waals surface area (Å²) in [5.41, 5.74) is 0. The number of allylic oxidation sites excluding steroid dienone is 10. The first-order valence-corrected chi connectivity index (χ1v) is 20.5. The summed E-state index contributed by atoms with van der Waals surface area (Å²) in [6.07, 6.45) is 37.2. The number of carbonyl (C=O) groups is 2. The van der Waals surface area contributed by atoms with Crippen LogP contribution in [0.1, 0.15) is 129 Å². The minimum Gasteiger partial charge on any atom is -0.462 e. The number of carbonyl (C=O) groups excluding carboxylic acids is 2. The molecule has 288 valence electrons. The Hall–Kier alpha value is -2.29. The van der Waals surface area contributed by atoms with Gasteiger partial charge in [0.05, 0.1) is 27.7 Å². The van der Waals surface area contributed by atoms with Crippen molar-refractivity contribution < 1.29 is 42.1 Å². The van der Waals surface area contributed by atoms with Gasteiger partial charge in [0, 0.05) is 12.8 Å². The van der Waals surface area contributed by atoms with Crippen molar-refractivity contribution >= 4 is 19.8 Å². The fourth-order valence-corrected chi connectivity index (χ4v) is 5.31. The van der Waals surface area contributed by atoms with Gasteiger partial charge < -0.3 is 18.9 Å². The predicted molar refractivity (Wildman–Crippen MR) is 206 cm³/mol. The highest BCUT2D eigenvalue weighted by atomic mass is 31.2. The molecule has 0 aromatic rings. The van der Waals surface area contributed by atoms with Gasteiger partial charge in [-0.3, -0.25) is 18.6 Å². The zero-order chi connectivity index (χ0) is 37.2. The van der Waals surface area contributed by atoms with Gasteiger partial charge in [-0.25, -0.2) is 4.57 Å². The normalized spacial score (nSPS) is 14.4. The van der Waals surface area contributed by atoms with Crippen molar-refractivity contribution in [2.45, 2.75) is 136 Å². The SMILES string of the molecule is CC/C=C/C/C=C/C/C=C/C/C=C/C/C=C/CCCCCC(=O)O[C@H](COC(=O)CCCCCCCCC)COP(=O)(O)OCC[N+](C)(C)C. The summed E-state index contributed by atoms with van der Waals surface area (Å²) >= 11 is 0. The molecule has 0 spiro atoms. The summed E-state index contributed by atoms with van der Waals surface area (Å²) < 4.78 is 34.0. The van der Waals surface area contributed by atoms with E-state index in [4.69, 9.17) is 18.5 Å². The molecule has 0 saturated carbocycles. The van der Waals surface area contributed by atoms with Gasteiger partial charge in [0.15, 0.2) is 6.10 Å². The summed E-state index contributed by atoms with van der Waals surface area (Å²) in [4.78, 5) is 35.0. The van der Waals surface area contributed by atoms with Crippen LogP contribution in [0.4, 0.5) is 0 Å². The molecule has 0 aliphatic carbocycles. The molecular formula is C40H71NO8P+. The second-order valence-electron chi connectivity index (χ2n) is 13.6. The average molecular weight is 725 g/mol. The molecule has 0 aromatic carbocycles. The number of likely N-dealkylation sites (N-methyl/N-ethyl adjacent to an activating group) is 1. The molecule has 9 nitrogen and oxygen atoms in total. The number of rotatable bonds is 33. The molecule has 0 aliphatic rings. The monoisotopic (exact) mass is 724 g/mol. The molecule has 0 amide bonds. The van der Waals surface area contributed by atoms with Gasteiger partial charge in [-0.15, -0.1) is 0 Å². The van der Waals surface area contributed by atoms with E-state index in [1.165, 1.54) is 25.7 Å². The molecule has 0 radical (unpaired) electrons. The van der Waals surface area contributed by atoms with Gasteiger partial charge in [0.25, 0.3) is 0 Å². The smallest absolute Gasteiger partial charge is 0.462 e. The van der Waals surface area contributed by atoms with E-state index in [-0.39, 0.29) is 32.0 Å². The predicted octanol–water partition coefficient (Wildman–Crippen LogP) is 10.1. The maximum atomic E-state index is 12.6. The minimum atomic E-state index is -4.37. The molecule has 50 heavy (non-hydrogen) atoms. The van der Waals surface area contributed by atoms with E-state index in [0.717, 1.165) is 70.6 Å². The number of esters is 2. The highest BCUT2D eigenvalue weighted by Crippen LogP contribution is 2.43. The fraction of sp³-hybridized carbons (Fsp3) is 0.700. The lowest BCUT2D eigenvalue weighted by Gasteiger charge is -2.24. The molecule has 0 heterocycles. The summed E-state index contributed by atoms with van der Waals surface area (Å²) in [7, 11) is 1.44. The number of phosphoric acid groups is 1. The van der Waals surface area contributed by atoms with Crippen molar-refractivity contribution in [2.75, 3.05) is 47.5 Å². The number of nitrogens with zero attached hydrogens (tertiary/aromatic N) is 1. The zero-order valence-corrected chi connectivity index (χ0v) is 33.0. The van der Waals surface area contributed by atoms with E-state index in [1.54, 1.807) is 0 Å². The Kier molecular flexibility index (Phi) is 31.1. The summed E-state index contributed by atoms with van der Waals surface area (Å²) in [5.74, 6) is -0.851. The number of quaternary nitrogens is 1. The maximum Gasteiger partial charge on any atom is 0.472 e. The molecular weight excluding hydrogens is 653 g/mol. The summed E-state index contributed by atoms with van der Waals surface area (Å²) in [5, 5.41) is 0. The zero-order valence-electron chi connectivity index (χ0n) is 32.1. The Morgan fingerprint density at radius 2 is 1.14 bits per heavy atom. The van der Waals surface area contributed by atoms with Gasteiger partial charge in [-0.05, 0) is 57.8 Å². The number of unbranched alkanes of at least 4 members (excludes halogenated alkanes) is 9. The molecule has 10 heteroatoms. The Morgan fingerprint density at radius 1 is 0.640 bits per heavy atom. The molecule has 1 N–H and O–H groups in total. The van der Waals surface area contributed by atoms with Crippen molar-refractivity contribution in [3.8, 4) is 0 Å². The lowest BCUT2D eigenvalue weighted by atomic mass is 10.1. The van der Waals surface area contributed by atoms with Crippen molar-refractivity contribution in [1.29, 1.82) is 0 Å². The van der Waals surface area contributed by atoms with Crippen LogP contribution in [0.2, 0.25) is 0 Å². The van der Waals surface area contributed by atoms with E-state index < -0.39 is 26.5 Å². The van der Waals surface area contributed by atoms with Gasteiger partial charge in [0.1, 0.15) is 19.8 Å². The molecule has 1 unspecified atom stereocenters. The highest BCUT2D eigenvalue weighted by molar-refractivity contribution is 7.47. The fourth-order valence-electron chi connectivity index (χ4n) is 4.57. The third-order valence-electron chi connectivity index (χ3n) is 7.56. The lowest BCUT2D eigenvalue weighted by Crippen LogP contribution is -2.37. The lowest BCUT2D eigenvalue weighted by molar-refractivity contribution is -0.870. The molecule has 0 aliphatic heterocycles. The van der Waals surface area contributed by atoms with E-state index in [0.29, 0.717) is 17.4 Å². The number of phosphoric ester groups is 1. The topological polar surface area (TPSA) is 108 Å². The van der Waals surface area contributed by atoms with Crippen LogP contribution in [0.5, 0.6) is 0 Å². The third kappa shape index (κ3) is 35.5. The Labute approximate surface area is 305 Å². The van der Waals surface area contributed by atoms with E-state index in [2.05, 4.69) is 74.6 Å². The van der Waals surface area contributed by atoms with Crippen molar-refractivity contribution in [1.82, 2.24) is 0 Å². The van der Waals surface area contributed by atoms with Crippen molar-refractivity contribution in [3.63, 3.8) is 0 Å². The van der Waals surface area contributed by atoms with Crippen molar-refractivity contribution in [2.24, 2.45) is 0 Å². The Balaban J connectivity index is 4.45. The Morgan fingerprint density at radius 3 is 1.70 bits per heavy atom. The maximum absolute atomic E-state index is 12.6. The second-order valence-corrected chi connectivity index (χ2v) is 15.0. The van der Waals surface area contributed by atoms with Crippen LogP contribution >= 0.6 is 7.82 Å². The molecule has 2 atom stereocenters. The van der Waals surface area contributed by atoms with Gasteiger partial charge in [-0.2, -0.15) is 0 Å². The minimum absolute atomic E-state index is 0.0226. The largest absolute Gasteiger partial charge is 0.472 e. The summed E-state index contributed by atoms with van der Waals surface area (Å²) in [6.45, 7) is 4.18. The number of ether oxygens (including phenoxy) is 2. The standard InChI is InChI=1S/C40H70NO8P/c1-6-8-10-12-14-15-16-17-18-19-20-21-22-23-24-25-27-29-31-33-40(43)49-38(37-48-50(44,45)47-35-34-41(3,4)5)36-46-39(42)32-30-28-26-13-11-9-7-2/h8,10,14-15,17-18,20-21,23-24,38H,6-7,9,11-13,16,19,22,25-37H2,1-5H3/p+1/b10-8+,15-14+,18-17+,21-20+,24-23+/t38-/m1/s1. The van der Waals surface area contributed by atoms with Gasteiger partial charge in [0.2, 0.25) is 0 Å². The van der Waals surface area contributed by atoms with Crippen LogP contribution in [0, 0.1) is 0 Å². The van der Waals surface area contributed by atoms with E-state index >= 15 is 0 Å². The first kappa shape index (κ1) is 47.7. The van der Waals surface area contributed by atoms with Gasteiger partial charge in [-0.1, -0.05) is 120 Å². The van der Waals surface area contributed by atoms with Crippen LogP contribution in [0.15, 0.2) is 60.8 Å². The number of hydrogen-bond donors (Lipinski definition) is 1. The Bertz CT molecular complexity index is 1040. The van der Waals surface area contributed by atoms with Gasteiger partial charge >= 0.3 is 19.8 Å². The van der Waals surface area contributed by atoms with Crippen molar-refractivity contribution in [3.05, 3.63) is 60.8 Å². The van der Waals surface area contributed by atoms with Crippen LogP contribution in [0.3, 0.4) is 0 Å². The van der Waals surface area contributed by atoms with Crippen LogP contribution in [-0.2, 0) is 32.7 Å². The molecule has 0 fully saturated rings. The van der Waals surface area contributed by atoms with E-state index in [1.807, 2.05) is 21.1 Å².